The highest BCUT2D eigenvalue weighted by atomic mass is 16.5. The number of hydrogen-bond acceptors (Lipinski definition) is 5. The molecule has 0 bridgehead atoms. The van der Waals surface area contributed by atoms with E-state index in [2.05, 4.69) is 48.4 Å². The number of tetrazole rings is 1. The van der Waals surface area contributed by atoms with Crippen molar-refractivity contribution in [3.8, 4) is 0 Å². The Balaban J connectivity index is 1.72. The predicted molar refractivity (Wildman–Crippen MR) is 97.3 cm³/mol. The lowest BCUT2D eigenvalue weighted by atomic mass is 9.87. The average molecular weight is 357 g/mol. The van der Waals surface area contributed by atoms with Gasteiger partial charge in [0.15, 0.2) is 0 Å². The van der Waals surface area contributed by atoms with E-state index in [1.165, 1.54) is 0 Å². The van der Waals surface area contributed by atoms with Crippen LogP contribution in [0, 0.1) is 12.3 Å². The number of nitrogens with zero attached hydrogens (tertiary/aromatic N) is 5. The summed E-state index contributed by atoms with van der Waals surface area (Å²) in [4.78, 5) is 14.8. The number of aryl methyl sites for hydroxylation is 2. The molecular formula is C19H27N5O2. The van der Waals surface area contributed by atoms with E-state index < -0.39 is 0 Å². The molecule has 7 heteroatoms. The SMILES string of the molecule is Cc1nnnn1CCC(=O)N1C[C@@H](c2ccccc2)O[C@@H](C(C)(C)C)C1. The molecule has 0 N–H and O–H groups in total. The van der Waals surface area contributed by atoms with E-state index in [1.54, 1.807) is 4.68 Å². The van der Waals surface area contributed by atoms with Crippen LogP contribution in [-0.2, 0) is 16.1 Å². The molecule has 26 heavy (non-hydrogen) atoms. The van der Waals surface area contributed by atoms with Crippen molar-refractivity contribution in [3.05, 3.63) is 41.7 Å². The minimum Gasteiger partial charge on any atom is -0.366 e. The summed E-state index contributed by atoms with van der Waals surface area (Å²) in [7, 11) is 0. The van der Waals surface area contributed by atoms with Crippen LogP contribution in [0.3, 0.4) is 0 Å². The maximum absolute atomic E-state index is 12.8. The Kier molecular flexibility index (Phi) is 5.36. The molecule has 2 aromatic rings. The van der Waals surface area contributed by atoms with E-state index in [1.807, 2.05) is 30.0 Å². The Labute approximate surface area is 154 Å². The van der Waals surface area contributed by atoms with E-state index in [0.29, 0.717) is 26.1 Å². The monoisotopic (exact) mass is 357 g/mol. The molecule has 3 rings (SSSR count). The second-order valence-electron chi connectivity index (χ2n) is 7.89. The maximum atomic E-state index is 12.8. The molecule has 0 spiro atoms. The Bertz CT molecular complexity index is 738. The van der Waals surface area contributed by atoms with Crippen molar-refractivity contribution in [1.29, 1.82) is 0 Å². The molecule has 1 amide bonds. The molecular weight excluding hydrogens is 330 g/mol. The van der Waals surface area contributed by atoms with Crippen molar-refractivity contribution in [2.75, 3.05) is 13.1 Å². The average Bonchev–Trinajstić information content (AvgIpc) is 3.04. The number of amides is 1. The van der Waals surface area contributed by atoms with Gasteiger partial charge in [0.05, 0.1) is 19.2 Å². The second kappa shape index (κ2) is 7.53. The van der Waals surface area contributed by atoms with Crippen LogP contribution in [0.15, 0.2) is 30.3 Å². The lowest BCUT2D eigenvalue weighted by molar-refractivity contribution is -0.157. The Morgan fingerprint density at radius 2 is 1.96 bits per heavy atom. The van der Waals surface area contributed by atoms with E-state index in [-0.39, 0.29) is 23.5 Å². The van der Waals surface area contributed by atoms with Gasteiger partial charge in [-0.15, -0.1) is 5.10 Å². The van der Waals surface area contributed by atoms with Crippen molar-refractivity contribution >= 4 is 5.91 Å². The highest BCUT2D eigenvalue weighted by molar-refractivity contribution is 5.76. The molecule has 1 fully saturated rings. The Morgan fingerprint density at radius 1 is 1.23 bits per heavy atom. The first kappa shape index (κ1) is 18.5. The summed E-state index contributed by atoms with van der Waals surface area (Å²) in [5.41, 5.74) is 1.06. The van der Waals surface area contributed by atoms with Gasteiger partial charge in [-0.05, 0) is 28.3 Å². The summed E-state index contributed by atoms with van der Waals surface area (Å²) in [6.07, 6.45) is 0.262. The second-order valence-corrected chi connectivity index (χ2v) is 7.89. The van der Waals surface area contributed by atoms with Crippen molar-refractivity contribution < 1.29 is 9.53 Å². The zero-order valence-corrected chi connectivity index (χ0v) is 15.9. The van der Waals surface area contributed by atoms with Crippen LogP contribution in [0.1, 0.15) is 44.7 Å². The molecule has 140 valence electrons. The van der Waals surface area contributed by atoms with E-state index >= 15 is 0 Å². The smallest absolute Gasteiger partial charge is 0.224 e. The summed E-state index contributed by atoms with van der Waals surface area (Å²) in [5, 5.41) is 11.4. The molecule has 1 aliphatic rings. The zero-order valence-electron chi connectivity index (χ0n) is 15.9. The summed E-state index contributed by atoms with van der Waals surface area (Å²) < 4.78 is 8.02. The van der Waals surface area contributed by atoms with Crippen LogP contribution >= 0.6 is 0 Å². The highest BCUT2D eigenvalue weighted by Crippen LogP contribution is 2.33. The minimum absolute atomic E-state index is 0.0137. The lowest BCUT2D eigenvalue weighted by Crippen LogP contribution is -2.51. The predicted octanol–water partition coefficient (Wildman–Crippen LogP) is 2.39. The van der Waals surface area contributed by atoms with Gasteiger partial charge >= 0.3 is 0 Å². The van der Waals surface area contributed by atoms with Gasteiger partial charge in [0, 0.05) is 13.0 Å². The first-order valence-corrected chi connectivity index (χ1v) is 9.05. The van der Waals surface area contributed by atoms with Crippen LogP contribution in [0.2, 0.25) is 0 Å². The van der Waals surface area contributed by atoms with Gasteiger partial charge in [0.1, 0.15) is 11.9 Å². The van der Waals surface area contributed by atoms with E-state index in [0.717, 1.165) is 11.4 Å². The number of aromatic nitrogens is 4. The number of hydrogen-bond donors (Lipinski definition) is 0. The third-order valence-corrected chi connectivity index (χ3v) is 4.84. The Hall–Kier alpha value is -2.28. The summed E-state index contributed by atoms with van der Waals surface area (Å²) >= 11 is 0. The fourth-order valence-corrected chi connectivity index (χ4v) is 3.11. The van der Waals surface area contributed by atoms with Crippen LogP contribution in [0.25, 0.3) is 0 Å². The van der Waals surface area contributed by atoms with Gasteiger partial charge in [0.25, 0.3) is 0 Å². The van der Waals surface area contributed by atoms with Gasteiger partial charge in [-0.1, -0.05) is 51.1 Å². The van der Waals surface area contributed by atoms with Crippen LogP contribution in [0.4, 0.5) is 0 Å². The van der Waals surface area contributed by atoms with Gasteiger partial charge in [-0.3, -0.25) is 4.79 Å². The summed E-state index contributed by atoms with van der Waals surface area (Å²) in [5.74, 6) is 0.827. The highest BCUT2D eigenvalue weighted by Gasteiger charge is 2.37. The molecule has 1 aromatic heterocycles. The number of ether oxygens (including phenoxy) is 1. The normalized spacial score (nSPS) is 21.0. The van der Waals surface area contributed by atoms with Crippen molar-refractivity contribution in [1.82, 2.24) is 25.1 Å². The molecule has 1 saturated heterocycles. The Morgan fingerprint density at radius 3 is 2.58 bits per heavy atom. The molecule has 0 saturated carbocycles. The molecule has 2 atom stereocenters. The third kappa shape index (κ3) is 4.27. The van der Waals surface area contributed by atoms with Crippen LogP contribution in [-0.4, -0.2) is 50.2 Å². The molecule has 1 aliphatic heterocycles. The van der Waals surface area contributed by atoms with Gasteiger partial charge in [-0.2, -0.15) is 0 Å². The van der Waals surface area contributed by atoms with Gasteiger partial charge in [0.2, 0.25) is 5.91 Å². The fourth-order valence-electron chi connectivity index (χ4n) is 3.11. The van der Waals surface area contributed by atoms with Crippen molar-refractivity contribution in [3.63, 3.8) is 0 Å². The van der Waals surface area contributed by atoms with Gasteiger partial charge < -0.3 is 9.64 Å². The third-order valence-electron chi connectivity index (χ3n) is 4.84. The number of morpholine rings is 1. The number of carbonyl (C=O) groups excluding carboxylic acids is 1. The molecule has 7 nitrogen and oxygen atoms in total. The van der Waals surface area contributed by atoms with Crippen LogP contribution in [0.5, 0.6) is 0 Å². The van der Waals surface area contributed by atoms with Crippen LogP contribution < -0.4 is 0 Å². The summed E-state index contributed by atoms with van der Waals surface area (Å²) in [6.45, 7) is 9.96. The standard InChI is InChI=1S/C19H27N5O2/c1-14-20-21-22-24(14)11-10-18(25)23-12-16(15-8-6-5-7-9-15)26-17(13-23)19(2,3)4/h5-9,16-17H,10-13H2,1-4H3/t16-,17+/m0/s1. The fraction of sp³-hybridized carbons (Fsp3) is 0.579. The van der Waals surface area contributed by atoms with Crippen molar-refractivity contribution in [2.45, 2.75) is 52.9 Å². The van der Waals surface area contributed by atoms with Gasteiger partial charge in [-0.25, -0.2) is 4.68 Å². The molecule has 0 aliphatic carbocycles. The zero-order chi connectivity index (χ0) is 18.7. The lowest BCUT2D eigenvalue weighted by Gasteiger charge is -2.43. The number of rotatable bonds is 4. The molecule has 1 aromatic carbocycles. The van der Waals surface area contributed by atoms with E-state index in [9.17, 15) is 4.79 Å². The first-order chi connectivity index (χ1) is 12.3. The molecule has 0 unspecified atom stereocenters. The number of carbonyl (C=O) groups is 1. The maximum Gasteiger partial charge on any atom is 0.224 e. The topological polar surface area (TPSA) is 73.1 Å². The molecule has 0 radical (unpaired) electrons. The summed E-state index contributed by atoms with van der Waals surface area (Å²) in [6, 6.07) is 10.1. The quantitative estimate of drug-likeness (QED) is 0.840. The first-order valence-electron chi connectivity index (χ1n) is 9.05. The largest absolute Gasteiger partial charge is 0.366 e. The molecule has 2 heterocycles. The van der Waals surface area contributed by atoms with E-state index in [4.69, 9.17) is 4.74 Å². The minimum atomic E-state index is -0.104. The van der Waals surface area contributed by atoms with Crippen molar-refractivity contribution in [2.24, 2.45) is 5.41 Å². The number of benzene rings is 1.